The van der Waals surface area contributed by atoms with Crippen molar-refractivity contribution < 1.29 is 18.0 Å². The molecule has 4 heteroatoms. The first-order valence-electron chi connectivity index (χ1n) is 5.66. The van der Waals surface area contributed by atoms with E-state index in [-0.39, 0.29) is 11.1 Å². The molecule has 0 aromatic heterocycles. The van der Waals surface area contributed by atoms with E-state index in [1.165, 1.54) is 19.1 Å². The van der Waals surface area contributed by atoms with Crippen LogP contribution in [0, 0.1) is 31.3 Å². The molecule has 0 radical (unpaired) electrons. The second-order valence-electron chi connectivity index (χ2n) is 4.39. The molecule has 0 heterocycles. The van der Waals surface area contributed by atoms with Crippen LogP contribution in [0.25, 0.3) is 0 Å². The summed E-state index contributed by atoms with van der Waals surface area (Å²) in [6, 6.07) is 5.67. The number of hydrogen-bond acceptors (Lipinski definition) is 1. The molecule has 19 heavy (non-hydrogen) atoms. The minimum Gasteiger partial charge on any atom is -0.288 e. The maximum atomic E-state index is 13.7. The maximum Gasteiger partial charge on any atom is 0.199 e. The summed E-state index contributed by atoms with van der Waals surface area (Å²) in [4.78, 5) is 12.1. The van der Waals surface area contributed by atoms with Crippen molar-refractivity contribution in [3.05, 3.63) is 70.0 Å². The average Bonchev–Trinajstić information content (AvgIpc) is 2.36. The Morgan fingerprint density at radius 3 is 2.16 bits per heavy atom. The highest BCUT2D eigenvalue weighted by Crippen LogP contribution is 2.20. The molecule has 0 saturated carbocycles. The minimum atomic E-state index is -0.863. The number of benzene rings is 2. The standard InChI is InChI=1S/C15H11F3O/c1-8-3-4-12(16)10(5-8)15(19)11-7-13(17)9(2)6-14(11)18/h3-7H,1-2H3. The van der Waals surface area contributed by atoms with Gasteiger partial charge < -0.3 is 0 Å². The number of carbonyl (C=O) groups excluding carboxylic acids is 1. The lowest BCUT2D eigenvalue weighted by molar-refractivity contribution is 0.103. The summed E-state index contributed by atoms with van der Waals surface area (Å²) in [6.07, 6.45) is 0. The molecule has 0 spiro atoms. The monoisotopic (exact) mass is 264 g/mol. The van der Waals surface area contributed by atoms with E-state index in [0.717, 1.165) is 18.2 Å². The first-order chi connectivity index (χ1) is 8.90. The van der Waals surface area contributed by atoms with Crippen molar-refractivity contribution in [3.63, 3.8) is 0 Å². The Labute approximate surface area is 108 Å². The number of ketones is 1. The maximum absolute atomic E-state index is 13.7. The van der Waals surface area contributed by atoms with Gasteiger partial charge in [0.2, 0.25) is 0 Å². The molecule has 0 fully saturated rings. The molecule has 0 unspecified atom stereocenters. The largest absolute Gasteiger partial charge is 0.288 e. The van der Waals surface area contributed by atoms with Crippen molar-refractivity contribution in [1.82, 2.24) is 0 Å². The van der Waals surface area contributed by atoms with Gasteiger partial charge in [0.25, 0.3) is 0 Å². The Morgan fingerprint density at radius 2 is 1.47 bits per heavy atom. The summed E-state index contributed by atoms with van der Waals surface area (Å²) in [5.41, 5.74) is 0.0336. The summed E-state index contributed by atoms with van der Waals surface area (Å²) in [7, 11) is 0. The molecule has 0 aliphatic rings. The van der Waals surface area contributed by atoms with E-state index in [0.29, 0.717) is 5.56 Å². The van der Waals surface area contributed by atoms with E-state index >= 15 is 0 Å². The molecule has 0 aliphatic heterocycles. The molecule has 2 rings (SSSR count). The normalized spacial score (nSPS) is 10.6. The van der Waals surface area contributed by atoms with Crippen molar-refractivity contribution in [2.45, 2.75) is 13.8 Å². The molecule has 2 aromatic rings. The van der Waals surface area contributed by atoms with Crippen LogP contribution in [0.3, 0.4) is 0 Å². The van der Waals surface area contributed by atoms with E-state index < -0.39 is 28.8 Å². The lowest BCUT2D eigenvalue weighted by Crippen LogP contribution is -2.08. The number of carbonyl (C=O) groups is 1. The summed E-state index contributed by atoms with van der Waals surface area (Å²) in [6.45, 7) is 3.07. The number of hydrogen-bond donors (Lipinski definition) is 0. The molecule has 98 valence electrons. The molecule has 2 aromatic carbocycles. The Hall–Kier alpha value is -2.10. The Morgan fingerprint density at radius 1 is 0.842 bits per heavy atom. The zero-order chi connectivity index (χ0) is 14.2. The Balaban J connectivity index is 2.56. The molecule has 0 N–H and O–H groups in total. The van der Waals surface area contributed by atoms with Crippen LogP contribution in [0.5, 0.6) is 0 Å². The van der Waals surface area contributed by atoms with Crippen molar-refractivity contribution in [1.29, 1.82) is 0 Å². The van der Waals surface area contributed by atoms with Gasteiger partial charge in [-0.3, -0.25) is 4.79 Å². The third kappa shape index (κ3) is 2.52. The molecule has 0 atom stereocenters. The van der Waals surface area contributed by atoms with Gasteiger partial charge in [0.05, 0.1) is 11.1 Å². The summed E-state index contributed by atoms with van der Waals surface area (Å²) >= 11 is 0. The van der Waals surface area contributed by atoms with E-state index in [9.17, 15) is 18.0 Å². The smallest absolute Gasteiger partial charge is 0.199 e. The summed E-state index contributed by atoms with van der Waals surface area (Å²) in [5.74, 6) is -3.17. The van der Waals surface area contributed by atoms with Crippen LogP contribution < -0.4 is 0 Å². The number of halogens is 3. The van der Waals surface area contributed by atoms with Crippen LogP contribution in [0.1, 0.15) is 27.0 Å². The predicted molar refractivity (Wildman–Crippen MR) is 65.7 cm³/mol. The van der Waals surface area contributed by atoms with Gasteiger partial charge >= 0.3 is 0 Å². The van der Waals surface area contributed by atoms with Gasteiger partial charge in [-0.25, -0.2) is 13.2 Å². The molecule has 1 nitrogen and oxygen atoms in total. The first-order valence-corrected chi connectivity index (χ1v) is 5.66. The third-order valence-corrected chi connectivity index (χ3v) is 2.86. The van der Waals surface area contributed by atoms with Gasteiger partial charge in [-0.05, 0) is 43.7 Å². The van der Waals surface area contributed by atoms with Gasteiger partial charge in [0.15, 0.2) is 5.78 Å². The second-order valence-corrected chi connectivity index (χ2v) is 4.39. The van der Waals surface area contributed by atoms with Crippen molar-refractivity contribution in [3.8, 4) is 0 Å². The highest BCUT2D eigenvalue weighted by molar-refractivity contribution is 6.09. The van der Waals surface area contributed by atoms with Gasteiger partial charge in [0, 0.05) is 0 Å². The molecule has 0 amide bonds. The Bertz CT molecular complexity index is 663. The quantitative estimate of drug-likeness (QED) is 0.750. The first kappa shape index (κ1) is 13.3. The van der Waals surface area contributed by atoms with Crippen LogP contribution in [0.15, 0.2) is 30.3 Å². The third-order valence-electron chi connectivity index (χ3n) is 2.86. The van der Waals surface area contributed by atoms with Crippen molar-refractivity contribution >= 4 is 5.78 Å². The highest BCUT2D eigenvalue weighted by atomic mass is 19.1. The topological polar surface area (TPSA) is 17.1 Å². The predicted octanol–water partition coefficient (Wildman–Crippen LogP) is 3.95. The van der Waals surface area contributed by atoms with E-state index in [1.807, 2.05) is 0 Å². The van der Waals surface area contributed by atoms with E-state index in [1.54, 1.807) is 6.92 Å². The van der Waals surface area contributed by atoms with E-state index in [2.05, 4.69) is 0 Å². The van der Waals surface area contributed by atoms with Crippen LogP contribution in [-0.2, 0) is 0 Å². The van der Waals surface area contributed by atoms with Gasteiger partial charge in [-0.15, -0.1) is 0 Å². The van der Waals surface area contributed by atoms with Crippen LogP contribution in [-0.4, -0.2) is 5.78 Å². The zero-order valence-corrected chi connectivity index (χ0v) is 10.4. The highest BCUT2D eigenvalue weighted by Gasteiger charge is 2.19. The fraction of sp³-hybridized carbons (Fsp3) is 0.133. The van der Waals surface area contributed by atoms with Gasteiger partial charge in [-0.2, -0.15) is 0 Å². The lowest BCUT2D eigenvalue weighted by Gasteiger charge is -2.07. The van der Waals surface area contributed by atoms with Crippen molar-refractivity contribution in [2.75, 3.05) is 0 Å². The molecule has 0 aliphatic carbocycles. The summed E-state index contributed by atoms with van der Waals surface area (Å²) < 4.78 is 40.7. The van der Waals surface area contributed by atoms with Gasteiger partial charge in [0.1, 0.15) is 17.5 Å². The molecular formula is C15H11F3O. The second kappa shape index (κ2) is 4.88. The Kier molecular flexibility index (Phi) is 3.42. The van der Waals surface area contributed by atoms with E-state index in [4.69, 9.17) is 0 Å². The fourth-order valence-electron chi connectivity index (χ4n) is 1.78. The van der Waals surface area contributed by atoms with Crippen LogP contribution in [0.2, 0.25) is 0 Å². The van der Waals surface area contributed by atoms with Crippen LogP contribution in [0.4, 0.5) is 13.2 Å². The zero-order valence-electron chi connectivity index (χ0n) is 10.4. The number of rotatable bonds is 2. The lowest BCUT2D eigenvalue weighted by atomic mass is 9.99. The molecular weight excluding hydrogens is 253 g/mol. The van der Waals surface area contributed by atoms with Crippen LogP contribution >= 0.6 is 0 Å². The SMILES string of the molecule is Cc1ccc(F)c(C(=O)c2cc(F)c(C)cc2F)c1. The number of aryl methyl sites for hydroxylation is 2. The van der Waals surface area contributed by atoms with Gasteiger partial charge in [-0.1, -0.05) is 11.6 Å². The molecule has 0 saturated heterocycles. The fourth-order valence-corrected chi connectivity index (χ4v) is 1.78. The summed E-state index contributed by atoms with van der Waals surface area (Å²) in [5, 5.41) is 0. The van der Waals surface area contributed by atoms with Crippen molar-refractivity contribution in [2.24, 2.45) is 0 Å². The average molecular weight is 264 g/mol. The minimum absolute atomic E-state index is 0.0961. The molecule has 0 bridgehead atoms.